The first-order valence-corrected chi connectivity index (χ1v) is 6.20. The number of benzene rings is 2. The van der Waals surface area contributed by atoms with Crippen LogP contribution in [0.15, 0.2) is 52.3 Å². The van der Waals surface area contributed by atoms with Crippen molar-refractivity contribution in [2.24, 2.45) is 0 Å². The Morgan fingerprint density at radius 2 is 1.76 bits per heavy atom. The summed E-state index contributed by atoms with van der Waals surface area (Å²) in [6.07, 6.45) is 0. The van der Waals surface area contributed by atoms with E-state index < -0.39 is 0 Å². The second-order valence-electron chi connectivity index (χ2n) is 3.51. The number of hydrogen-bond acceptors (Lipinski definition) is 2. The van der Waals surface area contributed by atoms with Gasteiger partial charge in [0.1, 0.15) is 5.82 Å². The number of aliphatic hydroxyl groups excluding tert-OH is 1. The van der Waals surface area contributed by atoms with E-state index in [2.05, 4.69) is 0 Å². The Morgan fingerprint density at radius 1 is 1.06 bits per heavy atom. The molecular formula is C13H10ClFOS. The molecule has 0 unspecified atom stereocenters. The van der Waals surface area contributed by atoms with Crippen LogP contribution >= 0.6 is 23.4 Å². The van der Waals surface area contributed by atoms with Crippen molar-refractivity contribution in [3.63, 3.8) is 0 Å². The Hall–Kier alpha value is -1.03. The first kappa shape index (κ1) is 12.4. The van der Waals surface area contributed by atoms with Crippen molar-refractivity contribution in [2.45, 2.75) is 16.4 Å². The predicted molar refractivity (Wildman–Crippen MR) is 67.9 cm³/mol. The van der Waals surface area contributed by atoms with E-state index in [0.717, 1.165) is 9.79 Å². The van der Waals surface area contributed by atoms with Crippen molar-refractivity contribution in [2.75, 3.05) is 0 Å². The Kier molecular flexibility index (Phi) is 4.05. The lowest BCUT2D eigenvalue weighted by atomic mass is 10.2. The molecular weight excluding hydrogens is 259 g/mol. The van der Waals surface area contributed by atoms with Crippen molar-refractivity contribution in [3.05, 3.63) is 58.9 Å². The van der Waals surface area contributed by atoms with E-state index in [9.17, 15) is 4.39 Å². The summed E-state index contributed by atoms with van der Waals surface area (Å²) in [5.41, 5.74) is 0.571. The van der Waals surface area contributed by atoms with Crippen molar-refractivity contribution in [1.29, 1.82) is 0 Å². The molecule has 0 heterocycles. The van der Waals surface area contributed by atoms with Gasteiger partial charge in [-0.25, -0.2) is 4.39 Å². The molecule has 0 aromatic heterocycles. The van der Waals surface area contributed by atoms with Gasteiger partial charge in [0.25, 0.3) is 0 Å². The van der Waals surface area contributed by atoms with E-state index >= 15 is 0 Å². The maximum atomic E-state index is 13.2. The van der Waals surface area contributed by atoms with Gasteiger partial charge in [0.2, 0.25) is 0 Å². The molecule has 0 spiro atoms. The van der Waals surface area contributed by atoms with Gasteiger partial charge < -0.3 is 5.11 Å². The molecule has 4 heteroatoms. The van der Waals surface area contributed by atoms with Crippen LogP contribution < -0.4 is 0 Å². The maximum absolute atomic E-state index is 13.2. The van der Waals surface area contributed by atoms with Gasteiger partial charge in [0.15, 0.2) is 0 Å². The van der Waals surface area contributed by atoms with E-state index in [1.54, 1.807) is 18.2 Å². The van der Waals surface area contributed by atoms with Crippen LogP contribution in [0.4, 0.5) is 4.39 Å². The zero-order valence-corrected chi connectivity index (χ0v) is 10.4. The summed E-state index contributed by atoms with van der Waals surface area (Å²) in [5.74, 6) is -0.340. The lowest BCUT2D eigenvalue weighted by molar-refractivity contribution is 0.281. The summed E-state index contributed by atoms with van der Waals surface area (Å²) in [7, 11) is 0. The molecule has 0 saturated heterocycles. The van der Waals surface area contributed by atoms with Crippen LogP contribution in [-0.2, 0) is 6.61 Å². The summed E-state index contributed by atoms with van der Waals surface area (Å²) in [4.78, 5) is 1.74. The maximum Gasteiger partial charge on any atom is 0.124 e. The third-order valence-corrected chi connectivity index (χ3v) is 3.39. The second-order valence-corrected chi connectivity index (χ2v) is 5.09. The Labute approximate surface area is 108 Å². The van der Waals surface area contributed by atoms with E-state index in [1.165, 1.54) is 23.9 Å². The van der Waals surface area contributed by atoms with Gasteiger partial charge >= 0.3 is 0 Å². The quantitative estimate of drug-likeness (QED) is 0.903. The average molecular weight is 269 g/mol. The van der Waals surface area contributed by atoms with Gasteiger partial charge in [-0.2, -0.15) is 0 Å². The molecule has 2 rings (SSSR count). The molecule has 0 aliphatic heterocycles. The number of hydrogen-bond donors (Lipinski definition) is 1. The lowest BCUT2D eigenvalue weighted by Gasteiger charge is -2.04. The van der Waals surface area contributed by atoms with Crippen LogP contribution in [-0.4, -0.2) is 5.11 Å². The van der Waals surface area contributed by atoms with E-state index in [1.807, 2.05) is 12.1 Å². The van der Waals surface area contributed by atoms with Crippen LogP contribution in [0.5, 0.6) is 0 Å². The Bertz CT molecular complexity index is 513. The minimum Gasteiger partial charge on any atom is -0.392 e. The molecule has 0 bridgehead atoms. The highest BCUT2D eigenvalue weighted by Gasteiger charge is 2.02. The van der Waals surface area contributed by atoms with Crippen molar-refractivity contribution in [1.82, 2.24) is 0 Å². The topological polar surface area (TPSA) is 20.2 Å². The average Bonchev–Trinajstić information content (AvgIpc) is 2.31. The predicted octanol–water partition coefficient (Wildman–Crippen LogP) is 4.12. The molecule has 0 aliphatic rings. The van der Waals surface area contributed by atoms with Crippen LogP contribution in [0.3, 0.4) is 0 Å². The Morgan fingerprint density at radius 3 is 2.41 bits per heavy atom. The van der Waals surface area contributed by atoms with Gasteiger partial charge in [0.05, 0.1) is 6.61 Å². The second kappa shape index (κ2) is 5.54. The molecule has 0 radical (unpaired) electrons. The summed E-state index contributed by atoms with van der Waals surface area (Å²) < 4.78 is 13.2. The molecule has 0 aliphatic carbocycles. The van der Waals surface area contributed by atoms with E-state index in [4.69, 9.17) is 16.7 Å². The van der Waals surface area contributed by atoms with Gasteiger partial charge in [-0.15, -0.1) is 0 Å². The van der Waals surface area contributed by atoms with Crippen LogP contribution in [0, 0.1) is 5.82 Å². The molecule has 0 fully saturated rings. The number of aliphatic hydroxyl groups is 1. The molecule has 2 aromatic carbocycles. The third-order valence-electron chi connectivity index (χ3n) is 2.16. The van der Waals surface area contributed by atoms with Gasteiger partial charge in [-0.3, -0.25) is 0 Å². The first-order valence-electron chi connectivity index (χ1n) is 5.01. The van der Waals surface area contributed by atoms with Crippen LogP contribution in [0.25, 0.3) is 0 Å². The molecule has 2 aromatic rings. The minimum atomic E-state index is -0.340. The number of rotatable bonds is 3. The standard InChI is InChI=1S/C13H10ClFOS/c14-10-1-3-12(4-2-10)17-13-6-9(8-16)5-11(15)7-13/h1-7,16H,8H2. The fourth-order valence-electron chi connectivity index (χ4n) is 1.41. The van der Waals surface area contributed by atoms with E-state index in [-0.39, 0.29) is 12.4 Å². The largest absolute Gasteiger partial charge is 0.392 e. The smallest absolute Gasteiger partial charge is 0.124 e. The summed E-state index contributed by atoms with van der Waals surface area (Å²) in [6.45, 7) is -0.161. The molecule has 0 saturated carbocycles. The molecule has 1 N–H and O–H groups in total. The normalized spacial score (nSPS) is 10.5. The first-order chi connectivity index (χ1) is 8.17. The van der Waals surface area contributed by atoms with Gasteiger partial charge in [-0.05, 0) is 48.0 Å². The lowest BCUT2D eigenvalue weighted by Crippen LogP contribution is -1.86. The zero-order chi connectivity index (χ0) is 12.3. The molecule has 17 heavy (non-hydrogen) atoms. The zero-order valence-electron chi connectivity index (χ0n) is 8.86. The molecule has 0 atom stereocenters. The third kappa shape index (κ3) is 3.46. The Balaban J connectivity index is 2.23. The molecule has 0 amide bonds. The highest BCUT2D eigenvalue weighted by Crippen LogP contribution is 2.29. The molecule has 88 valence electrons. The van der Waals surface area contributed by atoms with Crippen molar-refractivity contribution < 1.29 is 9.50 Å². The monoisotopic (exact) mass is 268 g/mol. The summed E-state index contributed by atoms with van der Waals surface area (Å²) >= 11 is 7.22. The van der Waals surface area contributed by atoms with E-state index in [0.29, 0.717) is 10.6 Å². The summed E-state index contributed by atoms with van der Waals surface area (Å²) in [6, 6.07) is 11.9. The number of halogens is 2. The fraction of sp³-hybridized carbons (Fsp3) is 0.0769. The van der Waals surface area contributed by atoms with Gasteiger partial charge in [-0.1, -0.05) is 23.4 Å². The van der Waals surface area contributed by atoms with Crippen molar-refractivity contribution >= 4 is 23.4 Å². The SMILES string of the molecule is OCc1cc(F)cc(Sc2ccc(Cl)cc2)c1. The van der Waals surface area contributed by atoms with Crippen LogP contribution in [0.2, 0.25) is 5.02 Å². The van der Waals surface area contributed by atoms with Crippen LogP contribution in [0.1, 0.15) is 5.56 Å². The highest BCUT2D eigenvalue weighted by atomic mass is 35.5. The molecule has 1 nitrogen and oxygen atoms in total. The minimum absolute atomic E-state index is 0.161. The summed E-state index contributed by atoms with van der Waals surface area (Å²) in [5, 5.41) is 9.67. The van der Waals surface area contributed by atoms with Crippen molar-refractivity contribution in [3.8, 4) is 0 Å². The van der Waals surface area contributed by atoms with Gasteiger partial charge in [0, 0.05) is 14.8 Å². The highest BCUT2D eigenvalue weighted by molar-refractivity contribution is 7.99. The fourth-order valence-corrected chi connectivity index (χ4v) is 2.46.